The molecule has 0 N–H and O–H groups in total. The first kappa shape index (κ1) is 13.3. The molecule has 1 aromatic heterocycles. The van der Waals surface area contributed by atoms with E-state index in [9.17, 15) is 4.79 Å². The number of rotatable bonds is 3. The van der Waals surface area contributed by atoms with Crippen LogP contribution in [0, 0.1) is 11.3 Å². The molecule has 5 nitrogen and oxygen atoms in total. The molecule has 4 rings (SSSR count). The van der Waals surface area contributed by atoms with Crippen LogP contribution in [0.1, 0.15) is 42.7 Å². The molecule has 1 atom stereocenters. The van der Waals surface area contributed by atoms with Gasteiger partial charge in [0, 0.05) is 37.7 Å². The summed E-state index contributed by atoms with van der Waals surface area (Å²) < 4.78 is 5.01. The zero-order valence-corrected chi connectivity index (χ0v) is 12.5. The fraction of sp³-hybridized carbons (Fsp3) is 0.750. The van der Waals surface area contributed by atoms with E-state index in [1.54, 1.807) is 6.07 Å². The summed E-state index contributed by atoms with van der Waals surface area (Å²) in [7, 11) is 0. The third kappa shape index (κ3) is 2.71. The zero-order chi connectivity index (χ0) is 14.3. The van der Waals surface area contributed by atoms with Crippen LogP contribution >= 0.6 is 0 Å². The lowest BCUT2D eigenvalue weighted by atomic mass is 9.79. The summed E-state index contributed by atoms with van der Waals surface area (Å²) in [5, 5.41) is 3.64. The van der Waals surface area contributed by atoms with Gasteiger partial charge in [-0.1, -0.05) is 5.16 Å². The lowest BCUT2D eigenvalue weighted by molar-refractivity contribution is 0.0649. The molecule has 21 heavy (non-hydrogen) atoms. The Morgan fingerprint density at radius 3 is 3.00 bits per heavy atom. The minimum atomic E-state index is 0.00342. The molecule has 1 aromatic rings. The van der Waals surface area contributed by atoms with E-state index in [-0.39, 0.29) is 5.91 Å². The molecule has 3 aliphatic rings. The maximum absolute atomic E-state index is 12.4. The smallest absolute Gasteiger partial charge is 0.292 e. The Morgan fingerprint density at radius 1 is 1.33 bits per heavy atom. The lowest BCUT2D eigenvalue weighted by Crippen LogP contribution is -2.46. The maximum Gasteiger partial charge on any atom is 0.292 e. The number of likely N-dealkylation sites (tertiary alicyclic amines) is 2. The molecule has 3 heterocycles. The Labute approximate surface area is 125 Å². The first-order valence-corrected chi connectivity index (χ1v) is 8.16. The lowest BCUT2D eigenvalue weighted by Gasteiger charge is -2.40. The molecule has 0 unspecified atom stereocenters. The number of carbonyl (C=O) groups is 1. The zero-order valence-electron chi connectivity index (χ0n) is 12.5. The van der Waals surface area contributed by atoms with Crippen LogP contribution in [0.2, 0.25) is 0 Å². The number of amides is 1. The van der Waals surface area contributed by atoms with Crippen molar-refractivity contribution in [3.63, 3.8) is 0 Å². The van der Waals surface area contributed by atoms with Crippen LogP contribution in [0.25, 0.3) is 0 Å². The molecule has 2 saturated heterocycles. The summed E-state index contributed by atoms with van der Waals surface area (Å²) in [5.74, 6) is 1.33. The molecule has 3 fully saturated rings. The summed E-state index contributed by atoms with van der Waals surface area (Å²) in [6, 6.07) is 1.66. The van der Waals surface area contributed by atoms with E-state index >= 15 is 0 Å². The Balaban J connectivity index is 1.41. The molecule has 1 aliphatic carbocycles. The molecule has 2 aliphatic heterocycles. The highest BCUT2D eigenvalue weighted by atomic mass is 16.5. The van der Waals surface area contributed by atoms with Gasteiger partial charge in [-0.15, -0.1) is 0 Å². The monoisotopic (exact) mass is 289 g/mol. The third-order valence-electron chi connectivity index (χ3n) is 5.33. The van der Waals surface area contributed by atoms with Crippen molar-refractivity contribution in [2.45, 2.75) is 32.1 Å². The van der Waals surface area contributed by atoms with Crippen LogP contribution in [0.4, 0.5) is 0 Å². The number of nitrogens with zero attached hydrogens (tertiary/aromatic N) is 3. The van der Waals surface area contributed by atoms with E-state index < -0.39 is 0 Å². The molecule has 0 radical (unpaired) electrons. The summed E-state index contributed by atoms with van der Waals surface area (Å²) in [5.41, 5.74) is 0.322. The Hall–Kier alpha value is -1.36. The average molecular weight is 289 g/mol. The largest absolute Gasteiger partial charge is 0.351 e. The first-order chi connectivity index (χ1) is 10.2. The van der Waals surface area contributed by atoms with Crippen LogP contribution in [0.3, 0.4) is 0 Å². The SMILES string of the molecule is O=C(c1ccno1)N1CC[C@]2(CCCN(CC3CC3)C2)C1. The second-order valence-electron chi connectivity index (χ2n) is 7.14. The van der Waals surface area contributed by atoms with Gasteiger partial charge in [0.05, 0.1) is 6.20 Å². The van der Waals surface area contributed by atoms with Crippen molar-refractivity contribution in [2.75, 3.05) is 32.7 Å². The number of carbonyl (C=O) groups excluding carboxylic acids is 1. The number of hydrogen-bond donors (Lipinski definition) is 0. The number of hydrogen-bond acceptors (Lipinski definition) is 4. The maximum atomic E-state index is 12.4. The van der Waals surface area contributed by atoms with Gasteiger partial charge in [-0.3, -0.25) is 4.79 Å². The van der Waals surface area contributed by atoms with E-state index in [0.717, 1.165) is 25.4 Å². The minimum absolute atomic E-state index is 0.00342. The van der Waals surface area contributed by atoms with Gasteiger partial charge in [0.1, 0.15) is 0 Å². The quantitative estimate of drug-likeness (QED) is 0.854. The van der Waals surface area contributed by atoms with Gasteiger partial charge in [0.25, 0.3) is 5.91 Å². The van der Waals surface area contributed by atoms with Gasteiger partial charge in [0.2, 0.25) is 5.76 Å². The Morgan fingerprint density at radius 2 is 2.24 bits per heavy atom. The molecule has 0 aromatic carbocycles. The van der Waals surface area contributed by atoms with Gasteiger partial charge in [0.15, 0.2) is 0 Å². The van der Waals surface area contributed by atoms with Crippen LogP contribution in [0.5, 0.6) is 0 Å². The highest BCUT2D eigenvalue weighted by molar-refractivity contribution is 5.91. The van der Waals surface area contributed by atoms with Gasteiger partial charge >= 0.3 is 0 Å². The van der Waals surface area contributed by atoms with E-state index in [2.05, 4.69) is 10.1 Å². The molecular weight excluding hydrogens is 266 g/mol. The molecule has 0 bridgehead atoms. The summed E-state index contributed by atoms with van der Waals surface area (Å²) in [6.07, 6.45) is 8.04. The minimum Gasteiger partial charge on any atom is -0.351 e. The third-order valence-corrected chi connectivity index (χ3v) is 5.33. The van der Waals surface area contributed by atoms with Crippen LogP contribution in [-0.2, 0) is 0 Å². The average Bonchev–Trinajstić information content (AvgIpc) is 3.00. The molecule has 1 saturated carbocycles. The fourth-order valence-electron chi connectivity index (χ4n) is 4.06. The molecule has 1 amide bonds. The normalized spacial score (nSPS) is 30.2. The predicted molar refractivity (Wildman–Crippen MR) is 77.9 cm³/mol. The second-order valence-corrected chi connectivity index (χ2v) is 7.14. The fourth-order valence-corrected chi connectivity index (χ4v) is 4.06. The Kier molecular flexibility index (Phi) is 3.25. The van der Waals surface area contributed by atoms with E-state index in [0.29, 0.717) is 11.2 Å². The molecule has 1 spiro atoms. The highest BCUT2D eigenvalue weighted by Crippen LogP contribution is 2.40. The summed E-state index contributed by atoms with van der Waals surface area (Å²) in [4.78, 5) is 17.0. The standard InChI is InChI=1S/C16H23N3O2/c20-15(14-4-7-17-21-14)19-9-6-16(12-19)5-1-8-18(11-16)10-13-2-3-13/h4,7,13H,1-3,5-6,8-12H2/t16-/m0/s1. The van der Waals surface area contributed by atoms with Crippen molar-refractivity contribution < 1.29 is 9.32 Å². The van der Waals surface area contributed by atoms with Crippen molar-refractivity contribution in [1.82, 2.24) is 15.0 Å². The summed E-state index contributed by atoms with van der Waals surface area (Å²) in [6.45, 7) is 5.43. The number of aromatic nitrogens is 1. The molecule has 5 heteroatoms. The molecule has 114 valence electrons. The first-order valence-electron chi connectivity index (χ1n) is 8.16. The van der Waals surface area contributed by atoms with Gasteiger partial charge in [-0.2, -0.15) is 0 Å². The second kappa shape index (κ2) is 5.13. The van der Waals surface area contributed by atoms with Crippen molar-refractivity contribution in [2.24, 2.45) is 11.3 Å². The van der Waals surface area contributed by atoms with Crippen molar-refractivity contribution in [3.05, 3.63) is 18.0 Å². The van der Waals surface area contributed by atoms with Crippen LogP contribution < -0.4 is 0 Å². The highest BCUT2D eigenvalue weighted by Gasteiger charge is 2.43. The van der Waals surface area contributed by atoms with Crippen molar-refractivity contribution in [1.29, 1.82) is 0 Å². The van der Waals surface area contributed by atoms with Gasteiger partial charge < -0.3 is 14.3 Å². The summed E-state index contributed by atoms with van der Waals surface area (Å²) >= 11 is 0. The van der Waals surface area contributed by atoms with Gasteiger partial charge in [-0.25, -0.2) is 0 Å². The van der Waals surface area contributed by atoms with Gasteiger partial charge in [-0.05, 0) is 44.6 Å². The van der Waals surface area contributed by atoms with E-state index in [1.165, 1.54) is 51.5 Å². The van der Waals surface area contributed by atoms with Crippen LogP contribution in [0.15, 0.2) is 16.8 Å². The topological polar surface area (TPSA) is 49.6 Å². The van der Waals surface area contributed by atoms with Crippen molar-refractivity contribution >= 4 is 5.91 Å². The number of piperidine rings is 1. The Bertz CT molecular complexity index is 512. The van der Waals surface area contributed by atoms with E-state index in [4.69, 9.17) is 4.52 Å². The molecular formula is C16H23N3O2. The van der Waals surface area contributed by atoms with Crippen molar-refractivity contribution in [3.8, 4) is 0 Å². The van der Waals surface area contributed by atoms with E-state index in [1.807, 2.05) is 4.90 Å². The van der Waals surface area contributed by atoms with Crippen LogP contribution in [-0.4, -0.2) is 53.6 Å². The predicted octanol–water partition coefficient (Wildman–Crippen LogP) is 2.01.